The van der Waals surface area contributed by atoms with Gasteiger partial charge >= 0.3 is 5.97 Å². The van der Waals surface area contributed by atoms with Gasteiger partial charge in [0.15, 0.2) is 0 Å². The number of aromatic amines is 1. The van der Waals surface area contributed by atoms with Crippen LogP contribution in [-0.4, -0.2) is 33.2 Å². The van der Waals surface area contributed by atoms with E-state index in [1.165, 1.54) is 6.20 Å². The third-order valence-corrected chi connectivity index (χ3v) is 4.57. The van der Waals surface area contributed by atoms with E-state index in [0.717, 1.165) is 19.3 Å². The number of fused-ring (bicyclic) bond motifs is 2. The van der Waals surface area contributed by atoms with Gasteiger partial charge in [0.1, 0.15) is 0 Å². The maximum absolute atomic E-state index is 12.2. The van der Waals surface area contributed by atoms with Gasteiger partial charge in [0, 0.05) is 11.7 Å². The van der Waals surface area contributed by atoms with E-state index >= 15 is 0 Å². The zero-order valence-electron chi connectivity index (χ0n) is 10.7. The first-order valence-electron chi connectivity index (χ1n) is 6.61. The van der Waals surface area contributed by atoms with Crippen LogP contribution in [0.4, 0.5) is 0 Å². The molecular formula is C13H17N3O3. The molecule has 1 amide bonds. The van der Waals surface area contributed by atoms with Crippen molar-refractivity contribution in [1.82, 2.24) is 15.5 Å². The number of aliphatic carboxylic acids is 1. The second-order valence-corrected chi connectivity index (χ2v) is 5.61. The molecular weight excluding hydrogens is 246 g/mol. The zero-order chi connectivity index (χ0) is 13.6. The maximum Gasteiger partial charge on any atom is 0.308 e. The highest BCUT2D eigenvalue weighted by atomic mass is 16.4. The van der Waals surface area contributed by atoms with Crippen LogP contribution in [-0.2, 0) is 4.79 Å². The molecule has 4 unspecified atom stereocenters. The van der Waals surface area contributed by atoms with Crippen LogP contribution in [0.5, 0.6) is 0 Å². The van der Waals surface area contributed by atoms with Crippen molar-refractivity contribution in [1.29, 1.82) is 0 Å². The van der Waals surface area contributed by atoms with Gasteiger partial charge in [-0.25, -0.2) is 0 Å². The SMILES string of the molecule is Cc1[nH]ncc1C(=O)NC1C2CCC(C2)C1C(=O)O. The molecule has 2 aliphatic carbocycles. The molecule has 2 fully saturated rings. The molecule has 2 saturated carbocycles. The lowest BCUT2D eigenvalue weighted by Gasteiger charge is -2.28. The Morgan fingerprint density at radius 1 is 1.42 bits per heavy atom. The van der Waals surface area contributed by atoms with Crippen molar-refractivity contribution in [2.75, 3.05) is 0 Å². The molecule has 102 valence electrons. The second-order valence-electron chi connectivity index (χ2n) is 5.61. The molecule has 0 spiro atoms. The summed E-state index contributed by atoms with van der Waals surface area (Å²) in [5.74, 6) is -0.924. The number of H-pyrrole nitrogens is 1. The van der Waals surface area contributed by atoms with Gasteiger partial charge in [-0.05, 0) is 38.0 Å². The number of hydrogen-bond acceptors (Lipinski definition) is 3. The summed E-state index contributed by atoms with van der Waals surface area (Å²) >= 11 is 0. The Hall–Kier alpha value is -1.85. The molecule has 3 rings (SSSR count). The number of aryl methyl sites for hydroxylation is 1. The minimum atomic E-state index is -0.790. The van der Waals surface area contributed by atoms with E-state index in [9.17, 15) is 14.7 Å². The first kappa shape index (κ1) is 12.2. The lowest BCUT2D eigenvalue weighted by Crippen LogP contribution is -2.46. The molecule has 1 heterocycles. The third-order valence-electron chi connectivity index (χ3n) is 4.57. The second kappa shape index (κ2) is 4.36. The summed E-state index contributed by atoms with van der Waals surface area (Å²) in [4.78, 5) is 23.5. The summed E-state index contributed by atoms with van der Waals surface area (Å²) in [5, 5.41) is 18.8. The van der Waals surface area contributed by atoms with Crippen molar-refractivity contribution in [3.63, 3.8) is 0 Å². The van der Waals surface area contributed by atoms with E-state index in [1.807, 2.05) is 0 Å². The summed E-state index contributed by atoms with van der Waals surface area (Å²) in [6.45, 7) is 1.78. The van der Waals surface area contributed by atoms with Gasteiger partial charge in [-0.1, -0.05) is 0 Å². The summed E-state index contributed by atoms with van der Waals surface area (Å²) in [6, 6.07) is -0.238. The van der Waals surface area contributed by atoms with Gasteiger partial charge in [0.2, 0.25) is 0 Å². The van der Waals surface area contributed by atoms with E-state index in [0.29, 0.717) is 17.2 Å². The Balaban J connectivity index is 1.77. The van der Waals surface area contributed by atoms with Gasteiger partial charge < -0.3 is 10.4 Å². The van der Waals surface area contributed by atoms with Crippen LogP contribution in [0.15, 0.2) is 6.20 Å². The first-order chi connectivity index (χ1) is 9.08. The van der Waals surface area contributed by atoms with Crippen LogP contribution in [0.1, 0.15) is 35.3 Å². The molecule has 1 aromatic heterocycles. The molecule has 0 saturated heterocycles. The van der Waals surface area contributed by atoms with Gasteiger partial charge in [-0.15, -0.1) is 0 Å². The Bertz CT molecular complexity index is 525. The molecule has 2 aliphatic rings. The Kier molecular flexibility index (Phi) is 2.80. The van der Waals surface area contributed by atoms with Crippen LogP contribution >= 0.6 is 0 Å². The van der Waals surface area contributed by atoms with E-state index < -0.39 is 11.9 Å². The van der Waals surface area contributed by atoms with Crippen LogP contribution in [0.3, 0.4) is 0 Å². The number of nitrogens with one attached hydrogen (secondary N) is 2. The van der Waals surface area contributed by atoms with Crippen LogP contribution in [0.25, 0.3) is 0 Å². The molecule has 3 N–H and O–H groups in total. The van der Waals surface area contributed by atoms with E-state index in [4.69, 9.17) is 0 Å². The van der Waals surface area contributed by atoms with Crippen molar-refractivity contribution < 1.29 is 14.7 Å². The molecule has 4 atom stereocenters. The molecule has 1 aromatic rings. The number of carboxylic acids is 1. The fourth-order valence-electron chi connectivity index (χ4n) is 3.66. The standard InChI is InChI=1S/C13H17N3O3/c1-6-9(5-14-16-6)12(17)15-11-8-3-2-7(4-8)10(11)13(18)19/h5,7-8,10-11H,2-4H2,1H3,(H,14,16)(H,15,17)(H,18,19). The lowest BCUT2D eigenvalue weighted by atomic mass is 9.84. The molecule has 0 aliphatic heterocycles. The molecule has 0 radical (unpaired) electrons. The number of amides is 1. The van der Waals surface area contributed by atoms with Crippen molar-refractivity contribution in [3.8, 4) is 0 Å². The largest absolute Gasteiger partial charge is 0.481 e. The van der Waals surface area contributed by atoms with Crippen LogP contribution < -0.4 is 5.32 Å². The summed E-state index contributed by atoms with van der Waals surface area (Å²) in [6.07, 6.45) is 4.39. The van der Waals surface area contributed by atoms with Gasteiger partial charge in [0.25, 0.3) is 5.91 Å². The monoisotopic (exact) mass is 263 g/mol. The summed E-state index contributed by atoms with van der Waals surface area (Å²) in [5.41, 5.74) is 1.19. The predicted molar refractivity (Wildman–Crippen MR) is 66.5 cm³/mol. The number of carbonyl (C=O) groups is 2. The Morgan fingerprint density at radius 3 is 2.79 bits per heavy atom. The number of rotatable bonds is 3. The van der Waals surface area contributed by atoms with Gasteiger partial charge in [-0.2, -0.15) is 5.10 Å². The molecule has 0 aromatic carbocycles. The fraction of sp³-hybridized carbons (Fsp3) is 0.615. The maximum atomic E-state index is 12.2. The quantitative estimate of drug-likeness (QED) is 0.756. The number of carboxylic acid groups (broad SMARTS) is 1. The highest BCUT2D eigenvalue weighted by Gasteiger charge is 2.51. The van der Waals surface area contributed by atoms with Crippen molar-refractivity contribution in [2.24, 2.45) is 17.8 Å². The molecule has 6 nitrogen and oxygen atoms in total. The minimum Gasteiger partial charge on any atom is -0.481 e. The van der Waals surface area contributed by atoms with Crippen LogP contribution in [0, 0.1) is 24.7 Å². The average molecular weight is 263 g/mol. The van der Waals surface area contributed by atoms with E-state index in [1.54, 1.807) is 6.92 Å². The number of hydrogen-bond donors (Lipinski definition) is 3. The molecule has 2 bridgehead atoms. The van der Waals surface area contributed by atoms with Gasteiger partial charge in [-0.3, -0.25) is 14.7 Å². The fourth-order valence-corrected chi connectivity index (χ4v) is 3.66. The third kappa shape index (κ3) is 1.91. The summed E-state index contributed by atoms with van der Waals surface area (Å²) in [7, 11) is 0. The van der Waals surface area contributed by atoms with Gasteiger partial charge in [0.05, 0.1) is 17.7 Å². The zero-order valence-corrected chi connectivity index (χ0v) is 10.7. The first-order valence-corrected chi connectivity index (χ1v) is 6.61. The number of carbonyl (C=O) groups excluding carboxylic acids is 1. The highest BCUT2D eigenvalue weighted by molar-refractivity contribution is 5.95. The lowest BCUT2D eigenvalue weighted by molar-refractivity contribution is -0.144. The predicted octanol–water partition coefficient (Wildman–Crippen LogP) is 0.947. The molecule has 19 heavy (non-hydrogen) atoms. The van der Waals surface area contributed by atoms with Crippen molar-refractivity contribution >= 4 is 11.9 Å². The Morgan fingerprint density at radius 2 is 2.16 bits per heavy atom. The van der Waals surface area contributed by atoms with E-state index in [2.05, 4.69) is 15.5 Å². The minimum absolute atomic E-state index is 0.221. The molecule has 6 heteroatoms. The van der Waals surface area contributed by atoms with E-state index in [-0.39, 0.29) is 17.9 Å². The number of nitrogens with zero attached hydrogens (tertiary/aromatic N) is 1. The Labute approximate surface area is 110 Å². The van der Waals surface area contributed by atoms with Crippen molar-refractivity contribution in [3.05, 3.63) is 17.5 Å². The number of aromatic nitrogens is 2. The normalized spacial score (nSPS) is 32.5. The van der Waals surface area contributed by atoms with Crippen molar-refractivity contribution in [2.45, 2.75) is 32.2 Å². The average Bonchev–Trinajstić information content (AvgIpc) is 3.03. The topological polar surface area (TPSA) is 95.1 Å². The summed E-state index contributed by atoms with van der Waals surface area (Å²) < 4.78 is 0. The van der Waals surface area contributed by atoms with Crippen LogP contribution in [0.2, 0.25) is 0 Å². The smallest absolute Gasteiger partial charge is 0.308 e. The highest BCUT2D eigenvalue weighted by Crippen LogP contribution is 2.48.